The Bertz CT molecular complexity index is 537. The highest BCUT2D eigenvalue weighted by Gasteiger charge is 2.36. The lowest BCUT2D eigenvalue weighted by molar-refractivity contribution is -0.137. The van der Waals surface area contributed by atoms with E-state index in [0.717, 1.165) is 25.5 Å². The van der Waals surface area contributed by atoms with E-state index in [1.807, 2.05) is 4.90 Å². The van der Waals surface area contributed by atoms with Gasteiger partial charge in [0.1, 0.15) is 5.84 Å². The van der Waals surface area contributed by atoms with Crippen molar-refractivity contribution in [2.45, 2.75) is 38.9 Å². The summed E-state index contributed by atoms with van der Waals surface area (Å²) >= 11 is 0. The second-order valence-corrected chi connectivity index (χ2v) is 5.79. The molecule has 0 aliphatic carbocycles. The van der Waals surface area contributed by atoms with Crippen LogP contribution in [0.2, 0.25) is 0 Å². The summed E-state index contributed by atoms with van der Waals surface area (Å²) in [7, 11) is 0. The van der Waals surface area contributed by atoms with Crippen molar-refractivity contribution in [1.82, 2.24) is 0 Å². The van der Waals surface area contributed by atoms with E-state index < -0.39 is 17.6 Å². The molecule has 1 aliphatic heterocycles. The monoisotopic (exact) mass is 299 g/mol. The number of amidine groups is 1. The summed E-state index contributed by atoms with van der Waals surface area (Å²) in [6, 6.07) is 4.31. The molecule has 6 heteroatoms. The second kappa shape index (κ2) is 5.58. The fraction of sp³-hybridized carbons (Fsp3) is 0.533. The normalized spacial score (nSPS) is 19.3. The third kappa shape index (κ3) is 3.14. The summed E-state index contributed by atoms with van der Waals surface area (Å²) in [4.78, 5) is 2.03. The zero-order valence-corrected chi connectivity index (χ0v) is 12.2. The van der Waals surface area contributed by atoms with E-state index in [9.17, 15) is 13.2 Å². The topological polar surface area (TPSA) is 53.1 Å². The van der Waals surface area contributed by atoms with Gasteiger partial charge in [0, 0.05) is 23.8 Å². The van der Waals surface area contributed by atoms with Gasteiger partial charge in [0.25, 0.3) is 0 Å². The Kier molecular flexibility index (Phi) is 4.16. The summed E-state index contributed by atoms with van der Waals surface area (Å²) < 4.78 is 39.5. The minimum absolute atomic E-state index is 0.258. The van der Waals surface area contributed by atoms with Crippen LogP contribution in [-0.2, 0) is 6.18 Å². The first-order valence-electron chi connectivity index (χ1n) is 7.04. The number of nitrogen functional groups attached to an aromatic ring is 1. The van der Waals surface area contributed by atoms with E-state index in [2.05, 4.69) is 13.8 Å². The third-order valence-electron chi connectivity index (χ3n) is 4.00. The molecule has 1 fully saturated rings. The Balaban J connectivity index is 2.45. The predicted octanol–water partition coefficient (Wildman–Crippen LogP) is 3.61. The maximum Gasteiger partial charge on any atom is 0.417 e. The molecule has 0 aromatic heterocycles. The fourth-order valence-corrected chi connectivity index (χ4v) is 2.99. The van der Waals surface area contributed by atoms with Crippen molar-refractivity contribution in [2.75, 3.05) is 11.4 Å². The highest BCUT2D eigenvalue weighted by molar-refractivity contribution is 5.97. The van der Waals surface area contributed by atoms with Crippen LogP contribution in [-0.4, -0.2) is 18.4 Å². The van der Waals surface area contributed by atoms with Crippen LogP contribution < -0.4 is 10.6 Å². The van der Waals surface area contributed by atoms with Crippen LogP contribution in [0, 0.1) is 11.3 Å². The summed E-state index contributed by atoms with van der Waals surface area (Å²) in [5, 5.41) is 7.31. The van der Waals surface area contributed by atoms with Crippen molar-refractivity contribution >= 4 is 11.5 Å². The molecule has 1 aromatic carbocycles. The van der Waals surface area contributed by atoms with Crippen LogP contribution in [0.5, 0.6) is 0 Å². The van der Waals surface area contributed by atoms with E-state index in [4.69, 9.17) is 11.1 Å². The quantitative estimate of drug-likeness (QED) is 0.661. The van der Waals surface area contributed by atoms with E-state index in [0.29, 0.717) is 11.6 Å². The lowest BCUT2D eigenvalue weighted by atomic mass is 10.00. The lowest BCUT2D eigenvalue weighted by Crippen LogP contribution is -2.33. The molecule has 1 aliphatic rings. The van der Waals surface area contributed by atoms with E-state index >= 15 is 0 Å². The molecule has 116 valence electrons. The van der Waals surface area contributed by atoms with Gasteiger partial charge in [-0.05, 0) is 37.0 Å². The Labute approximate surface area is 122 Å². The van der Waals surface area contributed by atoms with Crippen LogP contribution in [0.15, 0.2) is 18.2 Å². The van der Waals surface area contributed by atoms with Crippen molar-refractivity contribution in [3.05, 3.63) is 29.3 Å². The van der Waals surface area contributed by atoms with Gasteiger partial charge in [-0.2, -0.15) is 13.2 Å². The van der Waals surface area contributed by atoms with Gasteiger partial charge >= 0.3 is 6.18 Å². The first kappa shape index (κ1) is 15.7. The molecule has 0 bridgehead atoms. The highest BCUT2D eigenvalue weighted by Crippen LogP contribution is 2.37. The van der Waals surface area contributed by atoms with Gasteiger partial charge in [-0.25, -0.2) is 0 Å². The maximum atomic E-state index is 13.2. The number of anilines is 1. The van der Waals surface area contributed by atoms with Crippen LogP contribution in [0.25, 0.3) is 0 Å². The molecule has 1 aromatic rings. The maximum absolute atomic E-state index is 13.2. The van der Waals surface area contributed by atoms with Crippen molar-refractivity contribution in [1.29, 1.82) is 5.41 Å². The summed E-state index contributed by atoms with van der Waals surface area (Å²) in [5.41, 5.74) is 4.73. The molecule has 3 nitrogen and oxygen atoms in total. The Hall–Kier alpha value is -1.72. The van der Waals surface area contributed by atoms with E-state index in [-0.39, 0.29) is 11.6 Å². The average molecular weight is 299 g/mol. The smallest absolute Gasteiger partial charge is 0.384 e. The van der Waals surface area contributed by atoms with Gasteiger partial charge in [0.15, 0.2) is 0 Å². The van der Waals surface area contributed by atoms with Crippen molar-refractivity contribution in [3.63, 3.8) is 0 Å². The van der Waals surface area contributed by atoms with E-state index in [1.54, 1.807) is 6.07 Å². The van der Waals surface area contributed by atoms with Gasteiger partial charge < -0.3 is 10.6 Å². The number of nitrogens with zero attached hydrogens (tertiary/aromatic N) is 1. The van der Waals surface area contributed by atoms with Gasteiger partial charge in [-0.15, -0.1) is 0 Å². The number of rotatable bonds is 3. The highest BCUT2D eigenvalue weighted by atomic mass is 19.4. The molecule has 2 rings (SSSR count). The Morgan fingerprint density at radius 2 is 2.05 bits per heavy atom. The van der Waals surface area contributed by atoms with Crippen LogP contribution in [0.4, 0.5) is 18.9 Å². The number of nitrogens with two attached hydrogens (primary N) is 1. The molecule has 1 saturated heterocycles. The molecular weight excluding hydrogens is 279 g/mol. The predicted molar refractivity (Wildman–Crippen MR) is 77.7 cm³/mol. The first-order chi connectivity index (χ1) is 9.71. The standard InChI is InChI=1S/C15H20F3N3/c1-9(2)13-4-3-7-21(13)10-5-6-11(14(19)20)12(8-10)15(16,17)18/h5-6,8-9,13H,3-4,7H2,1-2H3,(H3,19,20). The lowest BCUT2D eigenvalue weighted by Gasteiger charge is -2.30. The number of hydrogen-bond donors (Lipinski definition) is 2. The number of benzene rings is 1. The van der Waals surface area contributed by atoms with Gasteiger partial charge in [-0.3, -0.25) is 5.41 Å². The molecule has 1 unspecified atom stereocenters. The molecule has 0 saturated carbocycles. The zero-order valence-electron chi connectivity index (χ0n) is 12.2. The number of nitrogens with one attached hydrogen (secondary N) is 1. The average Bonchev–Trinajstić information content (AvgIpc) is 2.86. The molecule has 3 N–H and O–H groups in total. The molecular formula is C15H20F3N3. The second-order valence-electron chi connectivity index (χ2n) is 5.79. The van der Waals surface area contributed by atoms with Crippen molar-refractivity contribution < 1.29 is 13.2 Å². The van der Waals surface area contributed by atoms with Crippen LogP contribution in [0.3, 0.4) is 0 Å². The minimum Gasteiger partial charge on any atom is -0.384 e. The molecule has 0 amide bonds. The number of halogens is 3. The van der Waals surface area contributed by atoms with Crippen LogP contribution in [0.1, 0.15) is 37.8 Å². The molecule has 0 spiro atoms. The third-order valence-corrected chi connectivity index (χ3v) is 4.00. The molecule has 1 atom stereocenters. The summed E-state index contributed by atoms with van der Waals surface area (Å²) in [6.07, 6.45) is -2.53. The minimum atomic E-state index is -4.51. The van der Waals surface area contributed by atoms with Gasteiger partial charge in [0.2, 0.25) is 0 Å². The van der Waals surface area contributed by atoms with Crippen molar-refractivity contribution in [2.24, 2.45) is 11.7 Å². The van der Waals surface area contributed by atoms with E-state index in [1.165, 1.54) is 6.07 Å². The Morgan fingerprint density at radius 1 is 1.38 bits per heavy atom. The number of alkyl halides is 3. The molecule has 0 radical (unpaired) electrons. The van der Waals surface area contributed by atoms with Crippen LogP contribution >= 0.6 is 0 Å². The zero-order chi connectivity index (χ0) is 15.8. The van der Waals surface area contributed by atoms with Gasteiger partial charge in [-0.1, -0.05) is 13.8 Å². The molecule has 1 heterocycles. The Morgan fingerprint density at radius 3 is 2.57 bits per heavy atom. The van der Waals surface area contributed by atoms with Crippen molar-refractivity contribution in [3.8, 4) is 0 Å². The first-order valence-corrected chi connectivity index (χ1v) is 7.04. The number of hydrogen-bond acceptors (Lipinski definition) is 2. The molecule has 21 heavy (non-hydrogen) atoms. The SMILES string of the molecule is CC(C)C1CCCN1c1ccc(C(=N)N)c(C(F)(F)F)c1. The largest absolute Gasteiger partial charge is 0.417 e. The fourth-order valence-electron chi connectivity index (χ4n) is 2.99. The van der Waals surface area contributed by atoms with Gasteiger partial charge in [0.05, 0.1) is 5.56 Å². The summed E-state index contributed by atoms with van der Waals surface area (Å²) in [5.74, 6) is -0.176. The summed E-state index contributed by atoms with van der Waals surface area (Å²) in [6.45, 7) is 4.93.